The predicted octanol–water partition coefficient (Wildman–Crippen LogP) is 3.85. The quantitative estimate of drug-likeness (QED) is 0.817. The summed E-state index contributed by atoms with van der Waals surface area (Å²) in [5.41, 5.74) is 2.08. The van der Waals surface area contributed by atoms with E-state index >= 15 is 0 Å². The standard InChI is InChI=1S/C17H25NO/c1-19-16-7-5-15(6-8-16)13-18-12-11-17(14-18)9-3-2-4-10-17/h5-8H,2-4,9-14H2,1H3. The van der Waals surface area contributed by atoms with Crippen LogP contribution >= 0.6 is 0 Å². The SMILES string of the molecule is COc1ccc(CN2CCC3(CCCCC3)C2)cc1. The minimum Gasteiger partial charge on any atom is -0.497 e. The third-order valence-corrected chi connectivity index (χ3v) is 5.00. The van der Waals surface area contributed by atoms with Gasteiger partial charge in [0.05, 0.1) is 7.11 Å². The lowest BCUT2D eigenvalue weighted by molar-refractivity contribution is 0.183. The monoisotopic (exact) mass is 259 g/mol. The van der Waals surface area contributed by atoms with Crippen molar-refractivity contribution >= 4 is 0 Å². The molecule has 3 rings (SSSR count). The molecule has 0 unspecified atom stereocenters. The summed E-state index contributed by atoms with van der Waals surface area (Å²) in [5, 5.41) is 0. The third-order valence-electron chi connectivity index (χ3n) is 5.00. The van der Waals surface area contributed by atoms with Gasteiger partial charge in [0, 0.05) is 13.1 Å². The van der Waals surface area contributed by atoms with E-state index in [1.807, 2.05) is 0 Å². The molecule has 0 atom stereocenters. The zero-order valence-electron chi connectivity index (χ0n) is 12.0. The predicted molar refractivity (Wildman–Crippen MR) is 78.4 cm³/mol. The molecule has 0 N–H and O–H groups in total. The van der Waals surface area contributed by atoms with Gasteiger partial charge >= 0.3 is 0 Å². The summed E-state index contributed by atoms with van der Waals surface area (Å²) < 4.78 is 5.22. The zero-order valence-corrected chi connectivity index (χ0v) is 12.0. The number of benzene rings is 1. The molecular formula is C17H25NO. The van der Waals surface area contributed by atoms with Gasteiger partial charge in [0.2, 0.25) is 0 Å². The highest BCUT2D eigenvalue weighted by atomic mass is 16.5. The van der Waals surface area contributed by atoms with Crippen LogP contribution in [0, 0.1) is 5.41 Å². The van der Waals surface area contributed by atoms with E-state index in [9.17, 15) is 0 Å². The Morgan fingerprint density at radius 2 is 1.79 bits per heavy atom. The molecule has 0 aromatic heterocycles. The number of rotatable bonds is 3. The number of likely N-dealkylation sites (tertiary alicyclic amines) is 1. The lowest BCUT2D eigenvalue weighted by Crippen LogP contribution is -2.29. The van der Waals surface area contributed by atoms with Gasteiger partial charge in [0.1, 0.15) is 5.75 Å². The number of hydrogen-bond donors (Lipinski definition) is 0. The van der Waals surface area contributed by atoms with Gasteiger partial charge in [0.25, 0.3) is 0 Å². The topological polar surface area (TPSA) is 12.5 Å². The average molecular weight is 259 g/mol. The van der Waals surface area contributed by atoms with E-state index in [0.29, 0.717) is 5.41 Å². The van der Waals surface area contributed by atoms with E-state index in [2.05, 4.69) is 29.2 Å². The van der Waals surface area contributed by atoms with Crippen molar-refractivity contribution in [2.24, 2.45) is 5.41 Å². The Hall–Kier alpha value is -1.02. The van der Waals surface area contributed by atoms with Crippen LogP contribution in [0.15, 0.2) is 24.3 Å². The smallest absolute Gasteiger partial charge is 0.118 e. The highest BCUT2D eigenvalue weighted by molar-refractivity contribution is 5.27. The lowest BCUT2D eigenvalue weighted by Gasteiger charge is -2.33. The van der Waals surface area contributed by atoms with Gasteiger partial charge in [-0.15, -0.1) is 0 Å². The van der Waals surface area contributed by atoms with Gasteiger partial charge in [0.15, 0.2) is 0 Å². The summed E-state index contributed by atoms with van der Waals surface area (Å²) in [6.45, 7) is 3.71. The van der Waals surface area contributed by atoms with E-state index in [4.69, 9.17) is 4.74 Å². The Morgan fingerprint density at radius 1 is 1.05 bits per heavy atom. The molecule has 19 heavy (non-hydrogen) atoms. The zero-order chi connectivity index (χ0) is 13.1. The molecule has 0 bridgehead atoms. The summed E-state index contributed by atoms with van der Waals surface area (Å²) in [4.78, 5) is 2.65. The Kier molecular flexibility index (Phi) is 3.79. The summed E-state index contributed by atoms with van der Waals surface area (Å²) in [7, 11) is 1.72. The minimum atomic E-state index is 0.671. The molecule has 2 nitrogen and oxygen atoms in total. The maximum Gasteiger partial charge on any atom is 0.118 e. The summed E-state index contributed by atoms with van der Waals surface area (Å²) in [6, 6.07) is 8.54. The molecule has 2 heteroatoms. The molecule has 1 spiro atoms. The Morgan fingerprint density at radius 3 is 2.47 bits per heavy atom. The van der Waals surface area contributed by atoms with Crippen molar-refractivity contribution in [2.45, 2.75) is 45.1 Å². The first-order valence-corrected chi connectivity index (χ1v) is 7.65. The van der Waals surface area contributed by atoms with Gasteiger partial charge in [-0.05, 0) is 48.9 Å². The maximum absolute atomic E-state index is 5.22. The van der Waals surface area contributed by atoms with Crippen LogP contribution in [-0.4, -0.2) is 25.1 Å². The first kappa shape index (κ1) is 13.0. The fourth-order valence-corrected chi connectivity index (χ4v) is 3.86. The van der Waals surface area contributed by atoms with E-state index < -0.39 is 0 Å². The number of hydrogen-bond acceptors (Lipinski definition) is 2. The maximum atomic E-state index is 5.22. The molecule has 1 saturated heterocycles. The summed E-state index contributed by atoms with van der Waals surface area (Å²) in [5.74, 6) is 0.953. The van der Waals surface area contributed by atoms with Crippen LogP contribution in [0.4, 0.5) is 0 Å². The highest BCUT2D eigenvalue weighted by Crippen LogP contribution is 2.43. The Balaban J connectivity index is 1.58. The van der Waals surface area contributed by atoms with Crippen LogP contribution in [0.3, 0.4) is 0 Å². The van der Waals surface area contributed by atoms with Gasteiger partial charge < -0.3 is 4.74 Å². The van der Waals surface area contributed by atoms with Gasteiger partial charge in [-0.3, -0.25) is 4.90 Å². The van der Waals surface area contributed by atoms with Crippen LogP contribution in [-0.2, 0) is 6.54 Å². The first-order chi connectivity index (χ1) is 9.30. The molecule has 0 amide bonds. The lowest BCUT2D eigenvalue weighted by atomic mass is 9.73. The number of methoxy groups -OCH3 is 1. The summed E-state index contributed by atoms with van der Waals surface area (Å²) >= 11 is 0. The molecule has 1 aromatic carbocycles. The molecule has 1 saturated carbocycles. The van der Waals surface area contributed by atoms with Crippen LogP contribution in [0.1, 0.15) is 44.1 Å². The normalized spacial score (nSPS) is 22.8. The molecule has 1 heterocycles. The van der Waals surface area contributed by atoms with E-state index in [-0.39, 0.29) is 0 Å². The van der Waals surface area contributed by atoms with E-state index in [1.54, 1.807) is 7.11 Å². The van der Waals surface area contributed by atoms with Crippen molar-refractivity contribution in [3.63, 3.8) is 0 Å². The molecule has 1 aromatic rings. The molecule has 2 aliphatic rings. The average Bonchev–Trinajstić information content (AvgIpc) is 2.83. The van der Waals surface area contributed by atoms with Crippen molar-refractivity contribution in [3.8, 4) is 5.75 Å². The van der Waals surface area contributed by atoms with Crippen molar-refractivity contribution in [1.29, 1.82) is 0 Å². The van der Waals surface area contributed by atoms with E-state index in [0.717, 1.165) is 12.3 Å². The number of ether oxygens (including phenoxy) is 1. The molecule has 1 aliphatic heterocycles. The molecule has 104 valence electrons. The van der Waals surface area contributed by atoms with Crippen LogP contribution in [0.25, 0.3) is 0 Å². The second-order valence-electron chi connectivity index (χ2n) is 6.37. The second-order valence-corrected chi connectivity index (χ2v) is 6.37. The third kappa shape index (κ3) is 2.94. The van der Waals surface area contributed by atoms with Gasteiger partial charge in [-0.1, -0.05) is 31.4 Å². The van der Waals surface area contributed by atoms with E-state index in [1.165, 1.54) is 57.2 Å². The van der Waals surface area contributed by atoms with Crippen molar-refractivity contribution in [1.82, 2.24) is 4.90 Å². The highest BCUT2D eigenvalue weighted by Gasteiger charge is 2.38. The minimum absolute atomic E-state index is 0.671. The molecular weight excluding hydrogens is 234 g/mol. The fourth-order valence-electron chi connectivity index (χ4n) is 3.86. The second kappa shape index (κ2) is 5.54. The van der Waals surface area contributed by atoms with Crippen molar-refractivity contribution in [3.05, 3.63) is 29.8 Å². The van der Waals surface area contributed by atoms with Crippen LogP contribution in [0.2, 0.25) is 0 Å². The number of nitrogens with zero attached hydrogens (tertiary/aromatic N) is 1. The fraction of sp³-hybridized carbons (Fsp3) is 0.647. The largest absolute Gasteiger partial charge is 0.497 e. The van der Waals surface area contributed by atoms with Gasteiger partial charge in [-0.2, -0.15) is 0 Å². The van der Waals surface area contributed by atoms with Crippen molar-refractivity contribution in [2.75, 3.05) is 20.2 Å². The molecule has 0 radical (unpaired) electrons. The first-order valence-electron chi connectivity index (χ1n) is 7.65. The van der Waals surface area contributed by atoms with Crippen LogP contribution < -0.4 is 4.74 Å². The van der Waals surface area contributed by atoms with Crippen LogP contribution in [0.5, 0.6) is 5.75 Å². The molecule has 2 fully saturated rings. The Labute approximate surface area is 116 Å². The van der Waals surface area contributed by atoms with Crippen molar-refractivity contribution < 1.29 is 4.74 Å². The summed E-state index contributed by atoms with van der Waals surface area (Å²) in [6.07, 6.45) is 8.72. The van der Waals surface area contributed by atoms with Gasteiger partial charge in [-0.25, -0.2) is 0 Å². The molecule has 1 aliphatic carbocycles. The Bertz CT molecular complexity index is 406.